The minimum Gasteiger partial charge on any atom is -0.481 e. The summed E-state index contributed by atoms with van der Waals surface area (Å²) in [5, 5.41) is 16.0. The standard InChI is InChI=1S/C18H23N3O3/c1-4-21-11-15(17(20-21)12(2)3)18(24)19-14-8-5-13(6-9-14)7-10-16(22)23/h5-6,8-9,11-12H,4,7,10H2,1-3H3,(H,19,24)(H,22,23). The molecule has 0 aliphatic rings. The highest BCUT2D eigenvalue weighted by molar-refractivity contribution is 6.05. The van der Waals surface area contributed by atoms with Gasteiger partial charge in [0.2, 0.25) is 0 Å². The second-order valence-corrected chi connectivity index (χ2v) is 5.98. The summed E-state index contributed by atoms with van der Waals surface area (Å²) in [7, 11) is 0. The summed E-state index contributed by atoms with van der Waals surface area (Å²) in [5.74, 6) is -0.838. The normalized spacial score (nSPS) is 10.8. The maximum Gasteiger partial charge on any atom is 0.303 e. The number of carboxylic acid groups (broad SMARTS) is 1. The van der Waals surface area contributed by atoms with Gasteiger partial charge in [-0.3, -0.25) is 14.3 Å². The molecule has 2 aromatic rings. The van der Waals surface area contributed by atoms with Crippen molar-refractivity contribution in [3.05, 3.63) is 47.3 Å². The lowest BCUT2D eigenvalue weighted by atomic mass is 10.1. The van der Waals surface area contributed by atoms with E-state index in [2.05, 4.69) is 10.4 Å². The third-order valence-corrected chi connectivity index (χ3v) is 3.75. The van der Waals surface area contributed by atoms with E-state index < -0.39 is 5.97 Å². The summed E-state index contributed by atoms with van der Waals surface area (Å²) in [6.07, 6.45) is 2.34. The Morgan fingerprint density at radius 2 is 1.92 bits per heavy atom. The van der Waals surface area contributed by atoms with Crippen LogP contribution < -0.4 is 5.32 Å². The predicted octanol–water partition coefficient (Wildman–Crippen LogP) is 3.30. The number of carbonyl (C=O) groups is 2. The molecule has 128 valence electrons. The van der Waals surface area contributed by atoms with Crippen molar-refractivity contribution in [1.82, 2.24) is 9.78 Å². The Morgan fingerprint density at radius 3 is 2.46 bits per heavy atom. The maximum atomic E-state index is 12.5. The second kappa shape index (κ2) is 7.77. The van der Waals surface area contributed by atoms with Crippen LogP contribution in [0.3, 0.4) is 0 Å². The van der Waals surface area contributed by atoms with Gasteiger partial charge in [0.05, 0.1) is 11.3 Å². The van der Waals surface area contributed by atoms with Gasteiger partial charge >= 0.3 is 5.97 Å². The fourth-order valence-electron chi connectivity index (χ4n) is 2.40. The molecule has 2 N–H and O–H groups in total. The number of rotatable bonds is 7. The van der Waals surface area contributed by atoms with E-state index in [0.29, 0.717) is 24.2 Å². The Morgan fingerprint density at radius 1 is 1.25 bits per heavy atom. The van der Waals surface area contributed by atoms with E-state index in [-0.39, 0.29) is 18.2 Å². The zero-order valence-corrected chi connectivity index (χ0v) is 14.2. The lowest BCUT2D eigenvalue weighted by Gasteiger charge is -2.08. The second-order valence-electron chi connectivity index (χ2n) is 5.98. The van der Waals surface area contributed by atoms with Gasteiger partial charge in [0, 0.05) is 24.8 Å². The van der Waals surface area contributed by atoms with Crippen LogP contribution in [0.25, 0.3) is 0 Å². The Bertz CT molecular complexity index is 718. The number of aliphatic carboxylic acids is 1. The quantitative estimate of drug-likeness (QED) is 0.816. The van der Waals surface area contributed by atoms with Gasteiger partial charge < -0.3 is 10.4 Å². The number of aryl methyl sites for hydroxylation is 2. The van der Waals surface area contributed by atoms with Gasteiger partial charge in [-0.05, 0) is 37.0 Å². The monoisotopic (exact) mass is 329 g/mol. The van der Waals surface area contributed by atoms with Crippen molar-refractivity contribution in [2.75, 3.05) is 5.32 Å². The van der Waals surface area contributed by atoms with Crippen LogP contribution >= 0.6 is 0 Å². The highest BCUT2D eigenvalue weighted by Gasteiger charge is 2.18. The lowest BCUT2D eigenvalue weighted by molar-refractivity contribution is -0.136. The number of anilines is 1. The fourth-order valence-corrected chi connectivity index (χ4v) is 2.40. The first-order valence-electron chi connectivity index (χ1n) is 8.10. The first-order valence-corrected chi connectivity index (χ1v) is 8.10. The number of nitrogens with zero attached hydrogens (tertiary/aromatic N) is 2. The molecule has 0 atom stereocenters. The average molecular weight is 329 g/mol. The summed E-state index contributed by atoms with van der Waals surface area (Å²) in [4.78, 5) is 23.1. The zero-order valence-electron chi connectivity index (χ0n) is 14.2. The summed E-state index contributed by atoms with van der Waals surface area (Å²) in [6.45, 7) is 6.71. The molecular weight excluding hydrogens is 306 g/mol. The maximum absolute atomic E-state index is 12.5. The number of carbonyl (C=O) groups excluding carboxylic acids is 1. The number of hydrogen-bond donors (Lipinski definition) is 2. The van der Waals surface area contributed by atoms with Crippen molar-refractivity contribution >= 4 is 17.6 Å². The molecule has 0 saturated carbocycles. The minimum atomic E-state index is -0.818. The molecule has 0 radical (unpaired) electrons. The van der Waals surface area contributed by atoms with Gasteiger partial charge in [-0.2, -0.15) is 5.10 Å². The van der Waals surface area contributed by atoms with E-state index in [1.54, 1.807) is 23.0 Å². The summed E-state index contributed by atoms with van der Waals surface area (Å²) in [5.41, 5.74) is 2.98. The Labute approximate surface area is 141 Å². The van der Waals surface area contributed by atoms with Gasteiger partial charge in [-0.1, -0.05) is 26.0 Å². The van der Waals surface area contributed by atoms with Gasteiger partial charge in [0.25, 0.3) is 5.91 Å². The molecule has 1 amide bonds. The van der Waals surface area contributed by atoms with Gasteiger partial charge in [0.1, 0.15) is 0 Å². The van der Waals surface area contributed by atoms with Crippen LogP contribution in [-0.4, -0.2) is 26.8 Å². The molecule has 0 saturated heterocycles. The average Bonchev–Trinajstić information content (AvgIpc) is 2.99. The van der Waals surface area contributed by atoms with E-state index in [9.17, 15) is 9.59 Å². The molecule has 0 aliphatic carbocycles. The predicted molar refractivity (Wildman–Crippen MR) is 92.3 cm³/mol. The lowest BCUT2D eigenvalue weighted by Crippen LogP contribution is -2.13. The van der Waals surface area contributed by atoms with Crippen LogP contribution in [0.2, 0.25) is 0 Å². The van der Waals surface area contributed by atoms with E-state index in [4.69, 9.17) is 5.11 Å². The molecule has 6 heteroatoms. The number of benzene rings is 1. The van der Waals surface area contributed by atoms with Crippen LogP contribution in [0.4, 0.5) is 5.69 Å². The Hall–Kier alpha value is -2.63. The fraction of sp³-hybridized carbons (Fsp3) is 0.389. The van der Waals surface area contributed by atoms with Crippen LogP contribution in [0.5, 0.6) is 0 Å². The summed E-state index contributed by atoms with van der Waals surface area (Å²) >= 11 is 0. The van der Waals surface area contributed by atoms with E-state index in [0.717, 1.165) is 11.3 Å². The Kier molecular flexibility index (Phi) is 5.73. The highest BCUT2D eigenvalue weighted by Crippen LogP contribution is 2.19. The molecule has 6 nitrogen and oxygen atoms in total. The van der Waals surface area contributed by atoms with Gasteiger partial charge in [-0.25, -0.2) is 0 Å². The van der Waals surface area contributed by atoms with Crippen molar-refractivity contribution in [2.24, 2.45) is 0 Å². The van der Waals surface area contributed by atoms with Crippen LogP contribution in [-0.2, 0) is 17.8 Å². The summed E-state index contributed by atoms with van der Waals surface area (Å²) < 4.78 is 1.76. The molecule has 0 fully saturated rings. The topological polar surface area (TPSA) is 84.2 Å². The zero-order chi connectivity index (χ0) is 17.7. The molecule has 1 heterocycles. The SMILES string of the molecule is CCn1cc(C(=O)Nc2ccc(CCC(=O)O)cc2)c(C(C)C)n1. The van der Waals surface area contributed by atoms with Crippen molar-refractivity contribution in [1.29, 1.82) is 0 Å². The van der Waals surface area contributed by atoms with Gasteiger partial charge in [-0.15, -0.1) is 0 Å². The number of carboxylic acids is 1. The largest absolute Gasteiger partial charge is 0.481 e. The van der Waals surface area contributed by atoms with Crippen LogP contribution in [0.15, 0.2) is 30.5 Å². The van der Waals surface area contributed by atoms with Crippen molar-refractivity contribution < 1.29 is 14.7 Å². The van der Waals surface area contributed by atoms with Crippen molar-refractivity contribution in [3.63, 3.8) is 0 Å². The number of amides is 1. The molecule has 0 spiro atoms. The minimum absolute atomic E-state index is 0.0969. The molecule has 24 heavy (non-hydrogen) atoms. The number of nitrogens with one attached hydrogen (secondary N) is 1. The third-order valence-electron chi connectivity index (χ3n) is 3.75. The van der Waals surface area contributed by atoms with E-state index in [1.165, 1.54) is 0 Å². The van der Waals surface area contributed by atoms with E-state index in [1.807, 2.05) is 32.9 Å². The first-order chi connectivity index (χ1) is 11.4. The van der Waals surface area contributed by atoms with Crippen LogP contribution in [0.1, 0.15) is 54.7 Å². The Balaban J connectivity index is 2.09. The molecule has 0 unspecified atom stereocenters. The molecular formula is C18H23N3O3. The molecule has 0 bridgehead atoms. The molecule has 1 aromatic carbocycles. The number of aromatic nitrogens is 2. The number of hydrogen-bond acceptors (Lipinski definition) is 3. The summed E-state index contributed by atoms with van der Waals surface area (Å²) in [6, 6.07) is 7.23. The van der Waals surface area contributed by atoms with Crippen molar-refractivity contribution in [2.45, 2.75) is 46.1 Å². The third kappa shape index (κ3) is 4.44. The van der Waals surface area contributed by atoms with Crippen molar-refractivity contribution in [3.8, 4) is 0 Å². The highest BCUT2D eigenvalue weighted by atomic mass is 16.4. The first kappa shape index (κ1) is 17.7. The van der Waals surface area contributed by atoms with Crippen LogP contribution in [0, 0.1) is 0 Å². The molecule has 2 rings (SSSR count). The molecule has 0 aliphatic heterocycles. The molecule has 1 aromatic heterocycles. The van der Waals surface area contributed by atoms with Gasteiger partial charge in [0.15, 0.2) is 0 Å². The smallest absolute Gasteiger partial charge is 0.303 e. The van der Waals surface area contributed by atoms with E-state index >= 15 is 0 Å².